The molecule has 2 heterocycles. The van der Waals surface area contributed by atoms with Crippen LogP contribution in [0.25, 0.3) is 11.0 Å². The van der Waals surface area contributed by atoms with E-state index in [-0.39, 0.29) is 11.3 Å². The van der Waals surface area contributed by atoms with E-state index in [1.54, 1.807) is 25.4 Å². The molecule has 170 valence electrons. The van der Waals surface area contributed by atoms with Crippen LogP contribution in [0.5, 0.6) is 11.5 Å². The molecule has 0 aliphatic rings. The van der Waals surface area contributed by atoms with Gasteiger partial charge in [0, 0.05) is 42.6 Å². The van der Waals surface area contributed by atoms with Crippen LogP contribution in [-0.4, -0.2) is 27.5 Å². The van der Waals surface area contributed by atoms with E-state index in [2.05, 4.69) is 70.5 Å². The smallest absolute Gasteiger partial charge is 0.269 e. The summed E-state index contributed by atoms with van der Waals surface area (Å²) in [5, 5.41) is 5.96. The third-order valence-corrected chi connectivity index (χ3v) is 5.97. The van der Waals surface area contributed by atoms with Crippen LogP contribution in [0.2, 0.25) is 0 Å². The van der Waals surface area contributed by atoms with E-state index in [1.165, 1.54) is 5.56 Å². The number of hydrogen-bond donors (Lipinski definition) is 2. The van der Waals surface area contributed by atoms with Gasteiger partial charge in [-0.05, 0) is 41.3 Å². The molecule has 2 aromatic heterocycles. The molecule has 0 atom stereocenters. The van der Waals surface area contributed by atoms with E-state index in [9.17, 15) is 4.79 Å². The second kappa shape index (κ2) is 8.86. The van der Waals surface area contributed by atoms with Crippen molar-refractivity contribution in [2.75, 3.05) is 12.4 Å². The van der Waals surface area contributed by atoms with Gasteiger partial charge in [0.25, 0.3) is 5.91 Å². The van der Waals surface area contributed by atoms with Crippen molar-refractivity contribution < 1.29 is 9.53 Å². The summed E-state index contributed by atoms with van der Waals surface area (Å²) in [6.07, 6.45) is 1.55. The molecule has 0 bridgehead atoms. The summed E-state index contributed by atoms with van der Waals surface area (Å²) in [6, 6.07) is 15.3. The Hall–Kier alpha value is -3.39. The highest BCUT2D eigenvalue weighted by atomic mass is 79.9. The summed E-state index contributed by atoms with van der Waals surface area (Å²) >= 11 is 3.70. The minimum Gasteiger partial charge on any atom is -0.457 e. The van der Waals surface area contributed by atoms with Gasteiger partial charge in [-0.1, -0.05) is 42.8 Å². The lowest BCUT2D eigenvalue weighted by atomic mass is 9.87. The van der Waals surface area contributed by atoms with Gasteiger partial charge in [0.2, 0.25) is 5.95 Å². The highest BCUT2D eigenvalue weighted by molar-refractivity contribution is 9.10. The molecule has 33 heavy (non-hydrogen) atoms. The van der Waals surface area contributed by atoms with E-state index in [1.807, 2.05) is 29.8 Å². The zero-order valence-corrected chi connectivity index (χ0v) is 20.8. The van der Waals surface area contributed by atoms with Crippen LogP contribution >= 0.6 is 15.9 Å². The first-order valence-corrected chi connectivity index (χ1v) is 11.3. The van der Waals surface area contributed by atoms with Crippen LogP contribution in [0.1, 0.15) is 36.8 Å². The standard InChI is InChI=1S/C25H26BrN5O2/c1-25(2,3)18-8-6-15(12-19(18)26)29-24-30-20-13-16(7-9-22(20)31(24)5)33-17-10-11-28-21(14-17)23(32)27-4/h6-14H,1-5H3,(H,27,32)(H,29,30). The molecule has 1 amide bonds. The van der Waals surface area contributed by atoms with E-state index in [4.69, 9.17) is 9.72 Å². The molecule has 2 aromatic carbocycles. The van der Waals surface area contributed by atoms with Crippen molar-refractivity contribution in [3.05, 3.63) is 70.5 Å². The number of ether oxygens (including phenoxy) is 1. The van der Waals surface area contributed by atoms with Gasteiger partial charge in [0.1, 0.15) is 17.2 Å². The summed E-state index contributed by atoms with van der Waals surface area (Å²) < 4.78 is 9.01. The van der Waals surface area contributed by atoms with Crippen LogP contribution in [-0.2, 0) is 12.5 Å². The van der Waals surface area contributed by atoms with Crippen LogP contribution in [0, 0.1) is 0 Å². The monoisotopic (exact) mass is 507 g/mol. The van der Waals surface area contributed by atoms with Crippen LogP contribution in [0.3, 0.4) is 0 Å². The molecule has 7 nitrogen and oxygen atoms in total. The fourth-order valence-corrected chi connectivity index (χ4v) is 4.52. The fraction of sp³-hybridized carbons (Fsp3) is 0.240. The number of aryl methyl sites for hydroxylation is 1. The largest absolute Gasteiger partial charge is 0.457 e. The topological polar surface area (TPSA) is 81.1 Å². The Balaban J connectivity index is 1.59. The van der Waals surface area contributed by atoms with Gasteiger partial charge < -0.3 is 19.9 Å². The average molecular weight is 508 g/mol. The molecule has 0 saturated carbocycles. The first kappa shape index (κ1) is 22.8. The third kappa shape index (κ3) is 4.85. The number of anilines is 2. The fourth-order valence-electron chi connectivity index (χ4n) is 3.55. The molecular weight excluding hydrogens is 482 g/mol. The van der Waals surface area contributed by atoms with Crippen molar-refractivity contribution in [2.45, 2.75) is 26.2 Å². The Morgan fingerprint density at radius 1 is 1.06 bits per heavy atom. The molecule has 2 N–H and O–H groups in total. The SMILES string of the molecule is CNC(=O)c1cc(Oc2ccc3c(c2)nc(Nc2ccc(C(C)(C)C)c(Br)c2)n3C)ccn1. The van der Waals surface area contributed by atoms with Crippen molar-refractivity contribution in [1.82, 2.24) is 19.9 Å². The molecule has 0 aliphatic heterocycles. The Morgan fingerprint density at radius 2 is 1.82 bits per heavy atom. The molecule has 8 heteroatoms. The van der Waals surface area contributed by atoms with Gasteiger partial charge in [-0.3, -0.25) is 9.78 Å². The van der Waals surface area contributed by atoms with Gasteiger partial charge in [-0.2, -0.15) is 0 Å². The minimum atomic E-state index is -0.265. The minimum absolute atomic E-state index is 0.0571. The Labute approximate surface area is 201 Å². The van der Waals surface area contributed by atoms with Crippen LogP contribution < -0.4 is 15.4 Å². The lowest BCUT2D eigenvalue weighted by molar-refractivity contribution is 0.0958. The highest BCUT2D eigenvalue weighted by Gasteiger charge is 2.17. The highest BCUT2D eigenvalue weighted by Crippen LogP contribution is 2.33. The predicted octanol–water partition coefficient (Wildman–Crippen LogP) is 5.92. The molecule has 0 radical (unpaired) electrons. The molecule has 4 rings (SSSR count). The molecular formula is C25H26BrN5O2. The summed E-state index contributed by atoms with van der Waals surface area (Å²) in [7, 11) is 3.53. The molecule has 0 fully saturated rings. The number of fused-ring (bicyclic) bond motifs is 1. The zero-order valence-electron chi connectivity index (χ0n) is 19.2. The second-order valence-corrected chi connectivity index (χ2v) is 9.63. The molecule has 0 aliphatic carbocycles. The lowest BCUT2D eigenvalue weighted by Gasteiger charge is -2.21. The van der Waals surface area contributed by atoms with Crippen molar-refractivity contribution in [3.8, 4) is 11.5 Å². The van der Waals surface area contributed by atoms with Gasteiger partial charge in [0.05, 0.1) is 11.0 Å². The summed E-state index contributed by atoms with van der Waals surface area (Å²) in [6.45, 7) is 6.57. The van der Waals surface area contributed by atoms with Crippen LogP contribution in [0.15, 0.2) is 59.2 Å². The van der Waals surface area contributed by atoms with Crippen molar-refractivity contribution in [2.24, 2.45) is 7.05 Å². The lowest BCUT2D eigenvalue weighted by Crippen LogP contribution is -2.18. The van der Waals surface area contributed by atoms with Gasteiger partial charge in [-0.15, -0.1) is 0 Å². The maximum Gasteiger partial charge on any atom is 0.269 e. The number of nitrogens with one attached hydrogen (secondary N) is 2. The maximum atomic E-state index is 11.8. The van der Waals surface area contributed by atoms with E-state index in [0.717, 1.165) is 27.1 Å². The summed E-state index contributed by atoms with van der Waals surface area (Å²) in [4.78, 5) is 20.6. The van der Waals surface area contributed by atoms with Gasteiger partial charge in [-0.25, -0.2) is 4.98 Å². The number of aromatic nitrogens is 3. The third-order valence-electron chi connectivity index (χ3n) is 5.31. The van der Waals surface area contributed by atoms with E-state index < -0.39 is 0 Å². The normalized spacial score (nSPS) is 11.5. The zero-order chi connectivity index (χ0) is 23.8. The molecule has 0 saturated heterocycles. The Bertz CT molecular complexity index is 1340. The number of pyridine rings is 1. The number of rotatable bonds is 5. The molecule has 4 aromatic rings. The maximum absolute atomic E-state index is 11.8. The van der Waals surface area contributed by atoms with Crippen LogP contribution in [0.4, 0.5) is 11.6 Å². The number of imidazole rings is 1. The predicted molar refractivity (Wildman–Crippen MR) is 135 cm³/mol. The number of halogens is 1. The average Bonchev–Trinajstić information content (AvgIpc) is 3.07. The molecule has 0 spiro atoms. The number of carbonyl (C=O) groups excluding carboxylic acids is 1. The molecule has 0 unspecified atom stereocenters. The number of hydrogen-bond acceptors (Lipinski definition) is 5. The van der Waals surface area contributed by atoms with E-state index >= 15 is 0 Å². The second-order valence-electron chi connectivity index (χ2n) is 8.77. The number of carbonyl (C=O) groups is 1. The quantitative estimate of drug-likeness (QED) is 0.350. The van der Waals surface area contributed by atoms with Crippen molar-refractivity contribution in [3.63, 3.8) is 0 Å². The number of amides is 1. The van der Waals surface area contributed by atoms with E-state index in [0.29, 0.717) is 17.2 Å². The van der Waals surface area contributed by atoms with Crippen molar-refractivity contribution >= 4 is 44.5 Å². The van der Waals surface area contributed by atoms with Gasteiger partial charge in [0.15, 0.2) is 0 Å². The first-order chi connectivity index (χ1) is 15.7. The first-order valence-electron chi connectivity index (χ1n) is 10.6. The van der Waals surface area contributed by atoms with Gasteiger partial charge >= 0.3 is 0 Å². The number of benzene rings is 2. The Morgan fingerprint density at radius 3 is 2.52 bits per heavy atom. The number of nitrogens with zero attached hydrogens (tertiary/aromatic N) is 3. The Kier molecular flexibility index (Phi) is 6.12. The van der Waals surface area contributed by atoms with Crippen molar-refractivity contribution in [1.29, 1.82) is 0 Å². The summed E-state index contributed by atoms with van der Waals surface area (Å²) in [5.74, 6) is 1.61. The summed E-state index contributed by atoms with van der Waals surface area (Å²) in [5.41, 5.74) is 4.31.